The molecular weight excluding hydrogens is 330 g/mol. The van der Waals surface area contributed by atoms with E-state index in [0.717, 1.165) is 17.1 Å². The Kier molecular flexibility index (Phi) is 5.79. The summed E-state index contributed by atoms with van der Waals surface area (Å²) in [6.07, 6.45) is 1.68. The molecule has 3 rings (SSSR count). The fourth-order valence-corrected chi connectivity index (χ4v) is 2.82. The Hall–Kier alpha value is -2.95. The van der Waals surface area contributed by atoms with Crippen molar-refractivity contribution >= 4 is 5.91 Å². The van der Waals surface area contributed by atoms with Crippen molar-refractivity contribution in [2.75, 3.05) is 26.4 Å². The fourth-order valence-electron chi connectivity index (χ4n) is 2.82. The van der Waals surface area contributed by atoms with E-state index in [-0.39, 0.29) is 5.91 Å². The van der Waals surface area contributed by atoms with Crippen molar-refractivity contribution in [3.63, 3.8) is 0 Å². The number of rotatable bonds is 7. The van der Waals surface area contributed by atoms with Crippen molar-refractivity contribution in [3.05, 3.63) is 66.2 Å². The van der Waals surface area contributed by atoms with E-state index in [9.17, 15) is 4.79 Å². The quantitative estimate of drug-likeness (QED) is 0.713. The maximum absolute atomic E-state index is 12.9. The van der Waals surface area contributed by atoms with E-state index in [4.69, 9.17) is 14.2 Å². The number of carbonyl (C=O) groups excluding carboxylic acids is 1. The molecule has 0 atom stereocenters. The molecule has 0 fully saturated rings. The monoisotopic (exact) mass is 353 g/mol. The van der Waals surface area contributed by atoms with Gasteiger partial charge in [-0.2, -0.15) is 0 Å². The first kappa shape index (κ1) is 17.9. The van der Waals surface area contributed by atoms with Gasteiger partial charge < -0.3 is 19.1 Å². The number of para-hydroxylation sites is 1. The highest BCUT2D eigenvalue weighted by Gasteiger charge is 2.20. The van der Waals surface area contributed by atoms with Crippen LogP contribution in [0.25, 0.3) is 0 Å². The summed E-state index contributed by atoms with van der Waals surface area (Å²) in [5.41, 5.74) is 1.57. The fraction of sp³-hybridized carbons (Fsp3) is 0.286. The van der Waals surface area contributed by atoms with Crippen LogP contribution in [-0.4, -0.2) is 37.2 Å². The maximum atomic E-state index is 12.9. The van der Waals surface area contributed by atoms with Crippen LogP contribution in [0.3, 0.4) is 0 Å². The molecule has 0 unspecified atom stereocenters. The van der Waals surface area contributed by atoms with Crippen molar-refractivity contribution in [3.8, 4) is 17.2 Å². The second-order valence-corrected chi connectivity index (χ2v) is 5.88. The Bertz CT molecular complexity index is 770. The van der Waals surface area contributed by atoms with E-state index < -0.39 is 0 Å². The molecule has 5 heteroatoms. The first-order valence-electron chi connectivity index (χ1n) is 8.73. The molecule has 1 aliphatic heterocycles. The summed E-state index contributed by atoms with van der Waals surface area (Å²) < 4.78 is 16.8. The molecule has 0 aromatic heterocycles. The molecule has 136 valence electrons. The highest BCUT2D eigenvalue weighted by molar-refractivity contribution is 5.94. The number of hydrogen-bond acceptors (Lipinski definition) is 4. The zero-order valence-electron chi connectivity index (χ0n) is 14.9. The minimum absolute atomic E-state index is 0.0305. The Morgan fingerprint density at radius 1 is 1.19 bits per heavy atom. The van der Waals surface area contributed by atoms with Gasteiger partial charge in [-0.25, -0.2) is 0 Å². The molecule has 0 bridgehead atoms. The highest BCUT2D eigenvalue weighted by Crippen LogP contribution is 2.34. The lowest BCUT2D eigenvalue weighted by molar-refractivity contribution is 0.0749. The molecule has 26 heavy (non-hydrogen) atoms. The van der Waals surface area contributed by atoms with Crippen LogP contribution in [-0.2, 0) is 6.54 Å². The summed E-state index contributed by atoms with van der Waals surface area (Å²) in [5, 5.41) is 0. The SMILES string of the molecule is C=CCOc1ccc(C(=O)N(CC)Cc2cccc3c2OCCO3)cc1. The van der Waals surface area contributed by atoms with Crippen LogP contribution in [0.2, 0.25) is 0 Å². The molecule has 0 aliphatic carbocycles. The molecule has 5 nitrogen and oxygen atoms in total. The van der Waals surface area contributed by atoms with E-state index in [0.29, 0.717) is 44.2 Å². The lowest BCUT2D eigenvalue weighted by Crippen LogP contribution is -2.30. The minimum Gasteiger partial charge on any atom is -0.490 e. The average molecular weight is 353 g/mol. The van der Waals surface area contributed by atoms with Gasteiger partial charge in [0.25, 0.3) is 5.91 Å². The molecule has 0 saturated carbocycles. The van der Waals surface area contributed by atoms with Crippen LogP contribution in [0.15, 0.2) is 55.1 Å². The number of amides is 1. The van der Waals surface area contributed by atoms with Gasteiger partial charge in [-0.15, -0.1) is 0 Å². The smallest absolute Gasteiger partial charge is 0.254 e. The summed E-state index contributed by atoms with van der Waals surface area (Å²) in [5.74, 6) is 2.16. The summed E-state index contributed by atoms with van der Waals surface area (Å²) in [4.78, 5) is 14.7. The van der Waals surface area contributed by atoms with E-state index in [1.54, 1.807) is 35.2 Å². The number of carbonyl (C=O) groups is 1. The van der Waals surface area contributed by atoms with Gasteiger partial charge in [-0.1, -0.05) is 24.8 Å². The predicted octanol–water partition coefficient (Wildman–Crippen LogP) is 3.68. The normalized spacial score (nSPS) is 12.3. The Morgan fingerprint density at radius 2 is 1.96 bits per heavy atom. The molecule has 0 N–H and O–H groups in total. The number of fused-ring (bicyclic) bond motifs is 1. The van der Waals surface area contributed by atoms with Gasteiger partial charge in [0, 0.05) is 24.2 Å². The van der Waals surface area contributed by atoms with Crippen LogP contribution in [0.4, 0.5) is 0 Å². The zero-order valence-corrected chi connectivity index (χ0v) is 14.9. The molecule has 2 aromatic rings. The van der Waals surface area contributed by atoms with Gasteiger partial charge in [0.1, 0.15) is 25.6 Å². The van der Waals surface area contributed by atoms with Crippen molar-refractivity contribution in [1.29, 1.82) is 0 Å². The summed E-state index contributed by atoms with van der Waals surface area (Å²) in [6, 6.07) is 12.9. The molecule has 0 saturated heterocycles. The third kappa shape index (κ3) is 3.99. The Morgan fingerprint density at radius 3 is 2.69 bits per heavy atom. The highest BCUT2D eigenvalue weighted by atomic mass is 16.6. The predicted molar refractivity (Wildman–Crippen MR) is 100.0 cm³/mol. The van der Waals surface area contributed by atoms with E-state index in [1.165, 1.54) is 0 Å². The third-order valence-corrected chi connectivity index (χ3v) is 4.15. The molecule has 1 amide bonds. The first-order valence-corrected chi connectivity index (χ1v) is 8.73. The Labute approximate surface area is 153 Å². The number of hydrogen-bond donors (Lipinski definition) is 0. The molecule has 1 heterocycles. The topological polar surface area (TPSA) is 48.0 Å². The number of nitrogens with zero attached hydrogens (tertiary/aromatic N) is 1. The second-order valence-electron chi connectivity index (χ2n) is 5.88. The first-order chi connectivity index (χ1) is 12.7. The third-order valence-electron chi connectivity index (χ3n) is 4.15. The summed E-state index contributed by atoms with van der Waals surface area (Å²) in [7, 11) is 0. The zero-order chi connectivity index (χ0) is 18.4. The second kappa shape index (κ2) is 8.43. The van der Waals surface area contributed by atoms with Crippen molar-refractivity contribution in [2.45, 2.75) is 13.5 Å². The molecule has 2 aromatic carbocycles. The lowest BCUT2D eigenvalue weighted by Gasteiger charge is -2.25. The van der Waals surface area contributed by atoms with E-state index >= 15 is 0 Å². The van der Waals surface area contributed by atoms with Gasteiger partial charge in [0.05, 0.1) is 0 Å². The van der Waals surface area contributed by atoms with Crippen LogP contribution in [0.1, 0.15) is 22.8 Å². The van der Waals surface area contributed by atoms with Gasteiger partial charge >= 0.3 is 0 Å². The largest absolute Gasteiger partial charge is 0.490 e. The lowest BCUT2D eigenvalue weighted by atomic mass is 10.1. The van der Waals surface area contributed by atoms with Crippen molar-refractivity contribution < 1.29 is 19.0 Å². The van der Waals surface area contributed by atoms with Gasteiger partial charge in [0.2, 0.25) is 0 Å². The van der Waals surface area contributed by atoms with Gasteiger partial charge in [-0.3, -0.25) is 4.79 Å². The maximum Gasteiger partial charge on any atom is 0.254 e. The van der Waals surface area contributed by atoms with Crippen molar-refractivity contribution in [1.82, 2.24) is 4.90 Å². The summed E-state index contributed by atoms with van der Waals surface area (Å²) in [6.45, 7) is 8.16. The van der Waals surface area contributed by atoms with E-state index in [2.05, 4.69) is 6.58 Å². The molecule has 1 aliphatic rings. The van der Waals surface area contributed by atoms with Crippen LogP contribution in [0, 0.1) is 0 Å². The Balaban J connectivity index is 1.74. The molecular formula is C21H23NO4. The van der Waals surface area contributed by atoms with Gasteiger partial charge in [-0.05, 0) is 37.3 Å². The van der Waals surface area contributed by atoms with Crippen LogP contribution < -0.4 is 14.2 Å². The average Bonchev–Trinajstić information content (AvgIpc) is 2.70. The number of ether oxygens (including phenoxy) is 3. The molecule has 0 spiro atoms. The van der Waals surface area contributed by atoms with Crippen LogP contribution in [0.5, 0.6) is 17.2 Å². The van der Waals surface area contributed by atoms with E-state index in [1.807, 2.05) is 25.1 Å². The number of benzene rings is 2. The van der Waals surface area contributed by atoms with Crippen molar-refractivity contribution in [2.24, 2.45) is 0 Å². The minimum atomic E-state index is -0.0305. The summed E-state index contributed by atoms with van der Waals surface area (Å²) >= 11 is 0. The van der Waals surface area contributed by atoms with Crippen LogP contribution >= 0.6 is 0 Å². The standard InChI is InChI=1S/C21H23NO4/c1-3-12-24-18-10-8-16(9-11-18)21(23)22(4-2)15-17-6-5-7-19-20(17)26-14-13-25-19/h3,5-11H,1,4,12-15H2,2H3. The van der Waals surface area contributed by atoms with Gasteiger partial charge in [0.15, 0.2) is 11.5 Å². The molecule has 0 radical (unpaired) electrons.